The van der Waals surface area contributed by atoms with Crippen LogP contribution in [0.5, 0.6) is 5.75 Å². The fraction of sp³-hybridized carbons (Fsp3) is 0.0435. The molecule has 0 saturated carbocycles. The monoisotopic (exact) mass is 533 g/mol. The highest BCUT2D eigenvalue weighted by Crippen LogP contribution is 2.37. The summed E-state index contributed by atoms with van der Waals surface area (Å²) in [6, 6.07) is 19.0. The minimum atomic E-state index is -0.497. The second-order valence-electron chi connectivity index (χ2n) is 6.54. The molecule has 3 aromatic rings. The van der Waals surface area contributed by atoms with Crippen LogP contribution in [0, 0.1) is 5.82 Å². The molecule has 31 heavy (non-hydrogen) atoms. The number of halogens is 3. The number of anilines is 1. The second-order valence-corrected chi connectivity index (χ2v) is 9.48. The summed E-state index contributed by atoms with van der Waals surface area (Å²) in [5.41, 5.74) is 1.82. The van der Waals surface area contributed by atoms with Gasteiger partial charge in [0.2, 0.25) is 0 Å². The number of thiocarbonyl (C=S) groups is 1. The van der Waals surface area contributed by atoms with Crippen LogP contribution in [0.1, 0.15) is 11.1 Å². The molecule has 1 aliphatic rings. The van der Waals surface area contributed by atoms with Crippen molar-refractivity contribution in [2.45, 2.75) is 6.61 Å². The summed E-state index contributed by atoms with van der Waals surface area (Å²) in [5.74, 6) is -0.200. The van der Waals surface area contributed by atoms with Crippen molar-refractivity contribution in [1.29, 1.82) is 0 Å². The van der Waals surface area contributed by atoms with Crippen LogP contribution in [-0.4, -0.2) is 10.2 Å². The van der Waals surface area contributed by atoms with Crippen LogP contribution in [0.15, 0.2) is 76.1 Å². The average Bonchev–Trinajstić information content (AvgIpc) is 3.02. The number of benzene rings is 3. The SMILES string of the molecule is O=C1/C(=C/c2ccc(OCc3ccccc3Cl)c(Br)c2)SC(=S)N1c1ccccc1F. The van der Waals surface area contributed by atoms with E-state index in [0.29, 0.717) is 26.6 Å². The Hall–Kier alpha value is -2.19. The Morgan fingerprint density at radius 2 is 1.87 bits per heavy atom. The molecule has 0 aliphatic carbocycles. The lowest BCUT2D eigenvalue weighted by molar-refractivity contribution is -0.113. The van der Waals surface area contributed by atoms with E-state index < -0.39 is 5.82 Å². The van der Waals surface area contributed by atoms with E-state index >= 15 is 0 Å². The van der Waals surface area contributed by atoms with Crippen molar-refractivity contribution in [3.05, 3.63) is 98.1 Å². The predicted octanol–water partition coefficient (Wildman–Crippen LogP) is 7.23. The Bertz CT molecular complexity index is 1220. The maximum atomic E-state index is 14.1. The van der Waals surface area contributed by atoms with E-state index in [1.807, 2.05) is 42.5 Å². The first-order chi connectivity index (χ1) is 14.9. The van der Waals surface area contributed by atoms with Crippen LogP contribution in [0.4, 0.5) is 10.1 Å². The second kappa shape index (κ2) is 9.53. The Morgan fingerprint density at radius 3 is 2.61 bits per heavy atom. The highest BCUT2D eigenvalue weighted by Gasteiger charge is 2.34. The molecule has 1 saturated heterocycles. The highest BCUT2D eigenvalue weighted by molar-refractivity contribution is 9.10. The molecule has 3 aromatic carbocycles. The standard InChI is InChI=1S/C23H14BrClFNO2S2/c24-16-11-14(9-10-20(16)29-13-15-5-1-2-6-17(15)25)12-21-22(28)27(23(30)31-21)19-8-4-3-7-18(19)26/h1-12H,13H2/b21-12-. The first-order valence-electron chi connectivity index (χ1n) is 9.12. The molecule has 8 heteroatoms. The molecule has 1 fully saturated rings. The fourth-order valence-corrected chi connectivity index (χ4v) is 4.94. The maximum absolute atomic E-state index is 14.1. The largest absolute Gasteiger partial charge is 0.488 e. The van der Waals surface area contributed by atoms with Gasteiger partial charge in [0.15, 0.2) is 4.32 Å². The van der Waals surface area contributed by atoms with Crippen LogP contribution in [-0.2, 0) is 11.4 Å². The number of carbonyl (C=O) groups is 1. The summed E-state index contributed by atoms with van der Waals surface area (Å²) < 4.78 is 21.0. The summed E-state index contributed by atoms with van der Waals surface area (Å²) in [5, 5.41) is 0.645. The number of amides is 1. The molecule has 1 aliphatic heterocycles. The Balaban J connectivity index is 1.52. The topological polar surface area (TPSA) is 29.5 Å². The van der Waals surface area contributed by atoms with Crippen molar-refractivity contribution in [2.24, 2.45) is 0 Å². The number of thioether (sulfide) groups is 1. The molecule has 3 nitrogen and oxygen atoms in total. The zero-order valence-electron chi connectivity index (χ0n) is 15.8. The van der Waals surface area contributed by atoms with Gasteiger partial charge >= 0.3 is 0 Å². The van der Waals surface area contributed by atoms with E-state index in [0.717, 1.165) is 27.4 Å². The normalized spacial score (nSPS) is 15.1. The summed E-state index contributed by atoms with van der Waals surface area (Å²) in [6.07, 6.45) is 1.72. The van der Waals surface area contributed by atoms with E-state index in [9.17, 15) is 9.18 Å². The quantitative estimate of drug-likeness (QED) is 0.255. The van der Waals surface area contributed by atoms with E-state index in [1.165, 1.54) is 17.0 Å². The Labute approximate surface area is 202 Å². The third-order valence-corrected chi connectivity index (χ3v) is 6.77. The van der Waals surface area contributed by atoms with Crippen molar-refractivity contribution in [3.8, 4) is 5.75 Å². The molecule has 0 atom stereocenters. The number of hydrogen-bond donors (Lipinski definition) is 0. The van der Waals surface area contributed by atoms with Crippen LogP contribution in [0.3, 0.4) is 0 Å². The lowest BCUT2D eigenvalue weighted by Crippen LogP contribution is -2.28. The molecular formula is C23H14BrClFNO2S2. The smallest absolute Gasteiger partial charge is 0.270 e. The molecule has 4 rings (SSSR count). The lowest BCUT2D eigenvalue weighted by atomic mass is 10.2. The molecule has 0 unspecified atom stereocenters. The van der Waals surface area contributed by atoms with E-state index in [4.69, 9.17) is 28.6 Å². The number of para-hydroxylation sites is 1. The number of hydrogen-bond acceptors (Lipinski definition) is 4. The zero-order chi connectivity index (χ0) is 22.0. The van der Waals surface area contributed by atoms with Gasteiger partial charge in [-0.3, -0.25) is 9.69 Å². The maximum Gasteiger partial charge on any atom is 0.270 e. The van der Waals surface area contributed by atoms with Gasteiger partial charge in [0, 0.05) is 10.6 Å². The van der Waals surface area contributed by atoms with E-state index in [-0.39, 0.29) is 11.6 Å². The van der Waals surface area contributed by atoms with Crippen molar-refractivity contribution in [1.82, 2.24) is 0 Å². The van der Waals surface area contributed by atoms with Crippen LogP contribution >= 0.6 is 51.5 Å². The Morgan fingerprint density at radius 1 is 1.13 bits per heavy atom. The van der Waals surface area contributed by atoms with Gasteiger partial charge in [-0.05, 0) is 57.9 Å². The predicted molar refractivity (Wildman–Crippen MR) is 132 cm³/mol. The number of nitrogens with zero attached hydrogens (tertiary/aromatic N) is 1. The van der Waals surface area contributed by atoms with Crippen LogP contribution in [0.25, 0.3) is 6.08 Å². The number of ether oxygens (including phenoxy) is 1. The van der Waals surface area contributed by atoms with Gasteiger partial charge in [-0.2, -0.15) is 0 Å². The molecule has 1 heterocycles. The molecular weight excluding hydrogens is 521 g/mol. The molecule has 0 N–H and O–H groups in total. The van der Waals surface area contributed by atoms with Crippen molar-refractivity contribution in [3.63, 3.8) is 0 Å². The van der Waals surface area contributed by atoms with E-state index in [2.05, 4.69) is 15.9 Å². The summed E-state index contributed by atoms with van der Waals surface area (Å²) in [6.45, 7) is 0.332. The summed E-state index contributed by atoms with van der Waals surface area (Å²) >= 11 is 16.1. The molecule has 0 aromatic heterocycles. The van der Waals surface area contributed by atoms with Gasteiger partial charge in [-0.1, -0.05) is 72.0 Å². The first-order valence-corrected chi connectivity index (χ1v) is 11.5. The van der Waals surface area contributed by atoms with Crippen LogP contribution < -0.4 is 9.64 Å². The summed E-state index contributed by atoms with van der Waals surface area (Å²) in [7, 11) is 0. The van der Waals surface area contributed by atoms with E-state index in [1.54, 1.807) is 18.2 Å². The molecule has 1 amide bonds. The zero-order valence-corrected chi connectivity index (χ0v) is 19.8. The van der Waals surface area contributed by atoms with Crippen molar-refractivity contribution in [2.75, 3.05) is 4.90 Å². The molecule has 0 bridgehead atoms. The average molecular weight is 535 g/mol. The van der Waals surface area contributed by atoms with Gasteiger partial charge < -0.3 is 4.74 Å². The molecule has 0 radical (unpaired) electrons. The lowest BCUT2D eigenvalue weighted by Gasteiger charge is -2.14. The highest BCUT2D eigenvalue weighted by atomic mass is 79.9. The third-order valence-electron chi connectivity index (χ3n) is 4.48. The first kappa shape index (κ1) is 22.0. The molecule has 156 valence electrons. The van der Waals surface area contributed by atoms with Gasteiger partial charge in [-0.15, -0.1) is 0 Å². The summed E-state index contributed by atoms with van der Waals surface area (Å²) in [4.78, 5) is 14.5. The third kappa shape index (κ3) is 4.85. The fourth-order valence-electron chi connectivity index (χ4n) is 2.95. The van der Waals surface area contributed by atoms with Crippen LogP contribution in [0.2, 0.25) is 5.02 Å². The van der Waals surface area contributed by atoms with Gasteiger partial charge in [-0.25, -0.2) is 4.39 Å². The number of rotatable bonds is 5. The van der Waals surface area contributed by atoms with Crippen molar-refractivity contribution >= 4 is 73.5 Å². The van der Waals surface area contributed by atoms with Gasteiger partial charge in [0.25, 0.3) is 5.91 Å². The minimum absolute atomic E-state index is 0.151. The minimum Gasteiger partial charge on any atom is -0.488 e. The number of carbonyl (C=O) groups excluding carboxylic acids is 1. The Kier molecular flexibility index (Phi) is 6.77. The molecule has 0 spiro atoms. The van der Waals surface area contributed by atoms with Crippen molar-refractivity contribution < 1.29 is 13.9 Å². The van der Waals surface area contributed by atoms with Gasteiger partial charge in [0.1, 0.15) is 18.2 Å². The van der Waals surface area contributed by atoms with Gasteiger partial charge in [0.05, 0.1) is 15.1 Å².